The molecule has 0 unspecified atom stereocenters. The van der Waals surface area contributed by atoms with Crippen molar-refractivity contribution in [2.75, 3.05) is 6.54 Å². The van der Waals surface area contributed by atoms with Gasteiger partial charge in [-0.3, -0.25) is 0 Å². The van der Waals surface area contributed by atoms with Gasteiger partial charge in [0, 0.05) is 18.8 Å². The van der Waals surface area contributed by atoms with E-state index in [4.69, 9.17) is 5.73 Å². The lowest BCUT2D eigenvalue weighted by Crippen LogP contribution is -2.05. The van der Waals surface area contributed by atoms with Crippen molar-refractivity contribution in [2.45, 2.75) is 6.42 Å². The monoisotopic (exact) mass is 159 g/mol. The molecule has 10 heavy (non-hydrogen) atoms. The lowest BCUT2D eigenvalue weighted by molar-refractivity contribution is 0.867. The third kappa shape index (κ3) is 2.75. The van der Waals surface area contributed by atoms with Crippen molar-refractivity contribution < 1.29 is 0 Å². The number of hydrogen-bond donors (Lipinski definition) is 1. The fourth-order valence-corrected chi connectivity index (χ4v) is 0.588. The molecule has 0 bridgehead atoms. The summed E-state index contributed by atoms with van der Waals surface area (Å²) < 4.78 is 0. The van der Waals surface area contributed by atoms with E-state index in [0.717, 1.165) is 12.2 Å². The maximum Gasteiger partial charge on any atom is 0.129 e. The first-order chi connectivity index (χ1) is 4.43. The maximum atomic E-state index is 5.28. The predicted octanol–water partition coefficient (Wildman–Crippen LogP) is 0.400. The van der Waals surface area contributed by atoms with Crippen LogP contribution in [0.1, 0.15) is 5.82 Å². The number of rotatable bonds is 2. The quantitative estimate of drug-likeness (QED) is 0.680. The largest absolute Gasteiger partial charge is 0.330 e. The molecule has 0 saturated heterocycles. The van der Waals surface area contributed by atoms with Crippen molar-refractivity contribution in [1.82, 2.24) is 9.97 Å². The van der Waals surface area contributed by atoms with Crippen molar-refractivity contribution in [1.29, 1.82) is 0 Å². The zero-order valence-electron chi connectivity index (χ0n) is 5.53. The van der Waals surface area contributed by atoms with Crippen LogP contribution in [0.4, 0.5) is 0 Å². The van der Waals surface area contributed by atoms with E-state index in [1.54, 1.807) is 18.5 Å². The highest BCUT2D eigenvalue weighted by atomic mass is 35.5. The molecule has 0 fully saturated rings. The standard InChI is InChI=1S/C6H9N3.ClH/c7-3-2-6-8-4-1-5-9-6;/h1,4-5H,2-3,7H2;1H. The Morgan fingerprint density at radius 2 is 1.90 bits per heavy atom. The Hall–Kier alpha value is -0.670. The van der Waals surface area contributed by atoms with Crippen LogP contribution < -0.4 is 5.73 Å². The fourth-order valence-electron chi connectivity index (χ4n) is 0.588. The summed E-state index contributed by atoms with van der Waals surface area (Å²) in [5.41, 5.74) is 5.28. The van der Waals surface area contributed by atoms with E-state index in [-0.39, 0.29) is 12.4 Å². The zero-order chi connectivity index (χ0) is 6.53. The molecule has 2 N–H and O–H groups in total. The number of nitrogens with zero attached hydrogens (tertiary/aromatic N) is 2. The van der Waals surface area contributed by atoms with Gasteiger partial charge in [-0.1, -0.05) is 0 Å². The normalized spacial score (nSPS) is 8.50. The first kappa shape index (κ1) is 9.33. The number of hydrogen-bond acceptors (Lipinski definition) is 3. The molecule has 1 rings (SSSR count). The number of nitrogens with two attached hydrogens (primary N) is 1. The molecule has 0 amide bonds. The van der Waals surface area contributed by atoms with Gasteiger partial charge in [0.2, 0.25) is 0 Å². The molecule has 0 atom stereocenters. The minimum atomic E-state index is 0. The first-order valence-corrected chi connectivity index (χ1v) is 2.89. The minimum absolute atomic E-state index is 0. The SMILES string of the molecule is Cl.NCCc1ncccn1. The lowest BCUT2D eigenvalue weighted by Gasteiger charge is -1.91. The average Bonchev–Trinajstić information content (AvgIpc) is 1.91. The summed E-state index contributed by atoms with van der Waals surface area (Å²) in [6, 6.07) is 1.79. The van der Waals surface area contributed by atoms with Gasteiger partial charge < -0.3 is 5.73 Å². The van der Waals surface area contributed by atoms with Crippen molar-refractivity contribution in [3.63, 3.8) is 0 Å². The summed E-state index contributed by atoms with van der Waals surface area (Å²) in [7, 11) is 0. The van der Waals surface area contributed by atoms with Gasteiger partial charge in [0.15, 0.2) is 0 Å². The van der Waals surface area contributed by atoms with Crippen molar-refractivity contribution >= 4 is 12.4 Å². The van der Waals surface area contributed by atoms with Crippen molar-refractivity contribution in [3.8, 4) is 0 Å². The van der Waals surface area contributed by atoms with Crippen LogP contribution in [0.25, 0.3) is 0 Å². The van der Waals surface area contributed by atoms with Gasteiger partial charge >= 0.3 is 0 Å². The molecule has 0 aliphatic carbocycles. The molecule has 1 aromatic heterocycles. The molecule has 0 aliphatic rings. The van der Waals surface area contributed by atoms with Crippen molar-refractivity contribution in [2.24, 2.45) is 5.73 Å². The number of halogens is 1. The summed E-state index contributed by atoms with van der Waals surface area (Å²) in [6.45, 7) is 0.615. The fraction of sp³-hybridized carbons (Fsp3) is 0.333. The van der Waals surface area contributed by atoms with E-state index in [1.165, 1.54) is 0 Å². The van der Waals surface area contributed by atoms with Crippen LogP contribution in [0.3, 0.4) is 0 Å². The van der Waals surface area contributed by atoms with E-state index < -0.39 is 0 Å². The van der Waals surface area contributed by atoms with E-state index in [0.29, 0.717) is 6.54 Å². The van der Waals surface area contributed by atoms with Gasteiger partial charge in [-0.25, -0.2) is 9.97 Å². The highest BCUT2D eigenvalue weighted by molar-refractivity contribution is 5.85. The highest BCUT2D eigenvalue weighted by Gasteiger charge is 1.88. The smallest absolute Gasteiger partial charge is 0.129 e. The summed E-state index contributed by atoms with van der Waals surface area (Å²) in [4.78, 5) is 7.95. The Labute approximate surface area is 66.1 Å². The van der Waals surface area contributed by atoms with E-state index in [1.807, 2.05) is 0 Å². The molecular formula is C6H10ClN3. The molecule has 4 heteroatoms. The number of aromatic nitrogens is 2. The second-order valence-corrected chi connectivity index (χ2v) is 1.70. The molecule has 0 saturated carbocycles. The van der Waals surface area contributed by atoms with E-state index in [9.17, 15) is 0 Å². The van der Waals surface area contributed by atoms with Gasteiger partial charge in [0.05, 0.1) is 0 Å². The minimum Gasteiger partial charge on any atom is -0.330 e. The van der Waals surface area contributed by atoms with Gasteiger partial charge in [0.1, 0.15) is 5.82 Å². The van der Waals surface area contributed by atoms with Crippen LogP contribution in [-0.4, -0.2) is 16.5 Å². The van der Waals surface area contributed by atoms with Crippen LogP contribution in [0.5, 0.6) is 0 Å². The van der Waals surface area contributed by atoms with Crippen LogP contribution in [0.2, 0.25) is 0 Å². The van der Waals surface area contributed by atoms with Gasteiger partial charge in [-0.15, -0.1) is 12.4 Å². The van der Waals surface area contributed by atoms with Gasteiger partial charge in [-0.05, 0) is 12.6 Å². The maximum absolute atomic E-state index is 5.28. The average molecular weight is 160 g/mol. The Bertz CT molecular complexity index is 166. The second-order valence-electron chi connectivity index (χ2n) is 1.70. The molecule has 0 aromatic carbocycles. The van der Waals surface area contributed by atoms with Gasteiger partial charge in [-0.2, -0.15) is 0 Å². The molecule has 0 aliphatic heterocycles. The summed E-state index contributed by atoms with van der Waals surface area (Å²) in [5, 5.41) is 0. The molecule has 0 radical (unpaired) electrons. The molecule has 3 nitrogen and oxygen atoms in total. The second kappa shape index (κ2) is 5.14. The van der Waals surface area contributed by atoms with E-state index >= 15 is 0 Å². The molecule has 0 spiro atoms. The molecular weight excluding hydrogens is 150 g/mol. The Morgan fingerprint density at radius 1 is 1.30 bits per heavy atom. The third-order valence-corrected chi connectivity index (χ3v) is 0.987. The zero-order valence-corrected chi connectivity index (χ0v) is 6.34. The Kier molecular flexibility index (Phi) is 4.80. The highest BCUT2D eigenvalue weighted by Crippen LogP contribution is 1.85. The third-order valence-electron chi connectivity index (χ3n) is 0.987. The predicted molar refractivity (Wildman–Crippen MR) is 42.0 cm³/mol. The van der Waals surface area contributed by atoms with Crippen molar-refractivity contribution in [3.05, 3.63) is 24.3 Å². The molecule has 56 valence electrons. The van der Waals surface area contributed by atoms with Crippen LogP contribution in [0, 0.1) is 0 Å². The first-order valence-electron chi connectivity index (χ1n) is 2.89. The van der Waals surface area contributed by atoms with Gasteiger partial charge in [0.25, 0.3) is 0 Å². The summed E-state index contributed by atoms with van der Waals surface area (Å²) >= 11 is 0. The topological polar surface area (TPSA) is 51.8 Å². The summed E-state index contributed by atoms with van der Waals surface area (Å²) in [6.07, 6.45) is 4.21. The summed E-state index contributed by atoms with van der Waals surface area (Å²) in [5.74, 6) is 0.819. The lowest BCUT2D eigenvalue weighted by atomic mass is 10.4. The Morgan fingerprint density at radius 3 is 2.40 bits per heavy atom. The van der Waals surface area contributed by atoms with E-state index in [2.05, 4.69) is 9.97 Å². The van der Waals surface area contributed by atoms with Crippen LogP contribution in [0.15, 0.2) is 18.5 Å². The Balaban J connectivity index is 0.000000810. The molecule has 1 heterocycles. The van der Waals surface area contributed by atoms with Crippen LogP contribution in [-0.2, 0) is 6.42 Å². The van der Waals surface area contributed by atoms with Crippen LogP contribution >= 0.6 is 12.4 Å². The molecule has 1 aromatic rings.